The molecule has 0 bridgehead atoms. The summed E-state index contributed by atoms with van der Waals surface area (Å²) in [5, 5.41) is 7.10. The summed E-state index contributed by atoms with van der Waals surface area (Å²) in [6.45, 7) is 11.1. The van der Waals surface area contributed by atoms with Crippen molar-refractivity contribution in [2.45, 2.75) is 57.9 Å². The molecule has 1 aliphatic rings. The summed E-state index contributed by atoms with van der Waals surface area (Å²) in [4.78, 5) is 6.89. The van der Waals surface area contributed by atoms with Gasteiger partial charge in [0.15, 0.2) is 5.96 Å². The van der Waals surface area contributed by atoms with E-state index in [0.717, 1.165) is 25.6 Å². The number of benzene rings is 1. The molecule has 1 atom stereocenters. The molecule has 0 radical (unpaired) electrons. The Hall–Kier alpha value is -1.55. The predicted molar refractivity (Wildman–Crippen MR) is 108 cm³/mol. The Bertz CT molecular complexity index is 518. The van der Waals surface area contributed by atoms with E-state index >= 15 is 0 Å². The van der Waals surface area contributed by atoms with Gasteiger partial charge in [-0.25, -0.2) is 0 Å². The molecular weight excluding hydrogens is 308 g/mol. The summed E-state index contributed by atoms with van der Waals surface area (Å²) >= 11 is 0. The lowest BCUT2D eigenvalue weighted by Gasteiger charge is -2.23. The van der Waals surface area contributed by atoms with E-state index in [1.807, 2.05) is 7.05 Å². The first-order valence-electron chi connectivity index (χ1n) is 9.88. The van der Waals surface area contributed by atoms with Crippen LogP contribution in [0.25, 0.3) is 0 Å². The van der Waals surface area contributed by atoms with Crippen LogP contribution in [0.2, 0.25) is 0 Å². The minimum absolute atomic E-state index is 0.310. The lowest BCUT2D eigenvalue weighted by molar-refractivity contribution is 0.292. The van der Waals surface area contributed by atoms with E-state index in [1.165, 1.54) is 37.8 Å². The Morgan fingerprint density at radius 1 is 1.20 bits per heavy atom. The fourth-order valence-corrected chi connectivity index (χ4v) is 3.42. The lowest BCUT2D eigenvalue weighted by atomic mass is 9.96. The summed E-state index contributed by atoms with van der Waals surface area (Å²) in [5.74, 6) is 0.928. The third-order valence-corrected chi connectivity index (χ3v) is 5.45. The van der Waals surface area contributed by atoms with Crippen molar-refractivity contribution >= 4 is 5.96 Å². The fraction of sp³-hybridized carbons (Fsp3) is 0.667. The van der Waals surface area contributed by atoms with Gasteiger partial charge in [-0.05, 0) is 57.8 Å². The predicted octanol–water partition coefficient (Wildman–Crippen LogP) is 3.39. The summed E-state index contributed by atoms with van der Waals surface area (Å²) in [7, 11) is 1.86. The van der Waals surface area contributed by atoms with Gasteiger partial charge in [0.25, 0.3) is 0 Å². The zero-order valence-electron chi connectivity index (χ0n) is 16.5. The summed E-state index contributed by atoms with van der Waals surface area (Å²) in [5.41, 5.74) is 1.76. The first kappa shape index (κ1) is 19.8. The van der Waals surface area contributed by atoms with E-state index < -0.39 is 0 Å². The first-order chi connectivity index (χ1) is 12.1. The third kappa shape index (κ3) is 6.03. The van der Waals surface area contributed by atoms with Gasteiger partial charge in [-0.2, -0.15) is 0 Å². The molecule has 0 spiro atoms. The summed E-state index contributed by atoms with van der Waals surface area (Å²) in [6.07, 6.45) is 4.92. The highest BCUT2D eigenvalue weighted by molar-refractivity contribution is 5.80. The topological polar surface area (TPSA) is 39.7 Å². The Morgan fingerprint density at radius 2 is 1.88 bits per heavy atom. The van der Waals surface area contributed by atoms with Crippen molar-refractivity contribution in [3.8, 4) is 0 Å². The molecule has 0 saturated heterocycles. The average molecular weight is 345 g/mol. The highest BCUT2D eigenvalue weighted by atomic mass is 15.2. The van der Waals surface area contributed by atoms with Crippen molar-refractivity contribution in [2.24, 2.45) is 4.99 Å². The highest BCUT2D eigenvalue weighted by Crippen LogP contribution is 2.47. The maximum atomic E-state index is 4.41. The minimum atomic E-state index is 0.310. The van der Waals surface area contributed by atoms with Crippen molar-refractivity contribution in [3.05, 3.63) is 35.9 Å². The van der Waals surface area contributed by atoms with Crippen LogP contribution in [-0.4, -0.2) is 50.1 Å². The molecule has 1 fully saturated rings. The van der Waals surface area contributed by atoms with Gasteiger partial charge in [0.1, 0.15) is 0 Å². The standard InChI is InChI=1S/C21H36N4/c1-5-25(6-2)16-10-11-18(3)24-20(22-4)23-17-21(14-15-21)19-12-8-7-9-13-19/h7-9,12-13,18H,5-6,10-11,14-17H2,1-4H3,(H2,22,23,24). The van der Waals surface area contributed by atoms with Crippen molar-refractivity contribution in [1.29, 1.82) is 0 Å². The quantitative estimate of drug-likeness (QED) is 0.505. The van der Waals surface area contributed by atoms with Gasteiger partial charge in [0.2, 0.25) is 0 Å². The molecule has 1 saturated carbocycles. The Labute approximate surface area is 154 Å². The Balaban J connectivity index is 1.74. The van der Waals surface area contributed by atoms with E-state index in [1.54, 1.807) is 0 Å². The number of rotatable bonds is 10. The van der Waals surface area contributed by atoms with E-state index in [0.29, 0.717) is 11.5 Å². The van der Waals surface area contributed by atoms with E-state index in [-0.39, 0.29) is 0 Å². The van der Waals surface area contributed by atoms with Crippen LogP contribution >= 0.6 is 0 Å². The molecule has 2 N–H and O–H groups in total. The molecule has 0 aliphatic heterocycles. The number of hydrogen-bond acceptors (Lipinski definition) is 2. The van der Waals surface area contributed by atoms with Gasteiger partial charge in [-0.3, -0.25) is 4.99 Å². The van der Waals surface area contributed by atoms with Crippen LogP contribution < -0.4 is 10.6 Å². The van der Waals surface area contributed by atoms with Gasteiger partial charge in [-0.15, -0.1) is 0 Å². The van der Waals surface area contributed by atoms with Crippen LogP contribution in [0.4, 0.5) is 0 Å². The monoisotopic (exact) mass is 344 g/mol. The number of hydrogen-bond donors (Lipinski definition) is 2. The molecule has 1 aromatic carbocycles. The molecular formula is C21H36N4. The van der Waals surface area contributed by atoms with Crippen LogP contribution in [0.1, 0.15) is 52.0 Å². The maximum absolute atomic E-state index is 4.41. The number of guanidine groups is 1. The van der Waals surface area contributed by atoms with Gasteiger partial charge in [0.05, 0.1) is 0 Å². The van der Waals surface area contributed by atoms with Crippen LogP contribution in [0, 0.1) is 0 Å². The molecule has 1 aromatic rings. The first-order valence-corrected chi connectivity index (χ1v) is 9.88. The third-order valence-electron chi connectivity index (χ3n) is 5.45. The van der Waals surface area contributed by atoms with Crippen molar-refractivity contribution in [3.63, 3.8) is 0 Å². The van der Waals surface area contributed by atoms with Gasteiger partial charge < -0.3 is 15.5 Å². The summed E-state index contributed by atoms with van der Waals surface area (Å²) < 4.78 is 0. The maximum Gasteiger partial charge on any atom is 0.191 e. The largest absolute Gasteiger partial charge is 0.356 e. The molecule has 1 aliphatic carbocycles. The lowest BCUT2D eigenvalue weighted by Crippen LogP contribution is -2.45. The van der Waals surface area contributed by atoms with E-state index in [4.69, 9.17) is 0 Å². The number of nitrogens with zero attached hydrogens (tertiary/aromatic N) is 2. The Kier molecular flexibility index (Phi) is 7.76. The SMILES string of the molecule is CCN(CC)CCCC(C)NC(=NC)NCC1(c2ccccc2)CC1. The molecule has 0 amide bonds. The number of aliphatic imine (C=N–C) groups is 1. The molecule has 140 valence electrons. The second-order valence-electron chi connectivity index (χ2n) is 7.29. The second-order valence-corrected chi connectivity index (χ2v) is 7.29. The van der Waals surface area contributed by atoms with Crippen molar-refractivity contribution < 1.29 is 0 Å². The van der Waals surface area contributed by atoms with Gasteiger partial charge in [0, 0.05) is 25.0 Å². The molecule has 0 heterocycles. The van der Waals surface area contributed by atoms with Crippen molar-refractivity contribution in [1.82, 2.24) is 15.5 Å². The average Bonchev–Trinajstić information content (AvgIpc) is 3.44. The minimum Gasteiger partial charge on any atom is -0.356 e. The van der Waals surface area contributed by atoms with Crippen LogP contribution in [-0.2, 0) is 5.41 Å². The smallest absolute Gasteiger partial charge is 0.191 e. The Morgan fingerprint density at radius 3 is 2.44 bits per heavy atom. The zero-order valence-corrected chi connectivity index (χ0v) is 16.5. The normalized spacial score (nSPS) is 17.4. The molecule has 4 nitrogen and oxygen atoms in total. The van der Waals surface area contributed by atoms with Crippen LogP contribution in [0.3, 0.4) is 0 Å². The highest BCUT2D eigenvalue weighted by Gasteiger charge is 2.44. The fourth-order valence-electron chi connectivity index (χ4n) is 3.42. The van der Waals surface area contributed by atoms with Gasteiger partial charge >= 0.3 is 0 Å². The molecule has 25 heavy (non-hydrogen) atoms. The number of nitrogens with one attached hydrogen (secondary N) is 2. The van der Waals surface area contributed by atoms with Crippen LogP contribution in [0.5, 0.6) is 0 Å². The molecule has 1 unspecified atom stereocenters. The van der Waals surface area contributed by atoms with Crippen molar-refractivity contribution in [2.75, 3.05) is 33.2 Å². The van der Waals surface area contributed by atoms with Gasteiger partial charge in [-0.1, -0.05) is 44.2 Å². The zero-order chi connectivity index (χ0) is 18.1. The van der Waals surface area contributed by atoms with E-state index in [2.05, 4.69) is 71.6 Å². The molecule has 2 rings (SSSR count). The second kappa shape index (κ2) is 9.81. The van der Waals surface area contributed by atoms with E-state index in [9.17, 15) is 0 Å². The molecule has 4 heteroatoms. The molecule has 0 aromatic heterocycles. The summed E-state index contributed by atoms with van der Waals surface area (Å²) in [6, 6.07) is 11.3. The van der Waals surface area contributed by atoms with Crippen LogP contribution in [0.15, 0.2) is 35.3 Å².